The maximum atomic E-state index is 12.2. The molecule has 110 valence electrons. The van der Waals surface area contributed by atoms with E-state index in [1.54, 1.807) is 0 Å². The third kappa shape index (κ3) is 3.31. The number of hydrogen-bond donors (Lipinski definition) is 2. The maximum Gasteiger partial charge on any atom is 0.180 e. The van der Waals surface area contributed by atoms with Crippen LogP contribution in [0.1, 0.15) is 37.6 Å². The summed E-state index contributed by atoms with van der Waals surface area (Å²) in [4.78, 5) is 14.3. The van der Waals surface area contributed by atoms with Crippen molar-refractivity contribution >= 4 is 5.78 Å². The molecule has 1 aliphatic heterocycles. The zero-order valence-electron chi connectivity index (χ0n) is 12.4. The van der Waals surface area contributed by atoms with E-state index in [4.69, 9.17) is 0 Å². The summed E-state index contributed by atoms with van der Waals surface area (Å²) in [5, 5.41) is 19.0. The lowest BCUT2D eigenvalue weighted by molar-refractivity contribution is 0.0935. The summed E-state index contributed by atoms with van der Waals surface area (Å²) in [7, 11) is 0. The number of phenols is 2. The second-order valence-corrected chi connectivity index (χ2v) is 6.71. The van der Waals surface area contributed by atoms with Crippen molar-refractivity contribution in [1.82, 2.24) is 4.90 Å². The number of ketones is 1. The Morgan fingerprint density at radius 3 is 2.60 bits per heavy atom. The van der Waals surface area contributed by atoms with Crippen molar-refractivity contribution < 1.29 is 15.0 Å². The van der Waals surface area contributed by atoms with Crippen LogP contribution in [0.15, 0.2) is 18.2 Å². The molecule has 1 aliphatic rings. The monoisotopic (exact) mass is 277 g/mol. The van der Waals surface area contributed by atoms with Crippen molar-refractivity contribution in [3.63, 3.8) is 0 Å². The van der Waals surface area contributed by atoms with Gasteiger partial charge in [0.25, 0.3) is 0 Å². The van der Waals surface area contributed by atoms with Crippen LogP contribution in [0.3, 0.4) is 0 Å². The number of Topliss-reactive ketones (excluding diaryl/α,β-unsaturated/α-hetero) is 1. The van der Waals surface area contributed by atoms with Crippen LogP contribution in [0.25, 0.3) is 0 Å². The van der Waals surface area contributed by atoms with Gasteiger partial charge in [-0.25, -0.2) is 0 Å². The summed E-state index contributed by atoms with van der Waals surface area (Å²) in [5.41, 5.74) is 0.542. The molecule has 4 nitrogen and oxygen atoms in total. The second-order valence-electron chi connectivity index (χ2n) is 6.71. The molecule has 0 aromatic heterocycles. The first kappa shape index (κ1) is 14.9. The molecule has 1 fully saturated rings. The van der Waals surface area contributed by atoms with Crippen molar-refractivity contribution in [3.05, 3.63) is 23.8 Å². The Bertz CT molecular complexity index is 505. The summed E-state index contributed by atoms with van der Waals surface area (Å²) in [6.45, 7) is 8.86. The third-order valence-electron chi connectivity index (χ3n) is 4.15. The number of carbonyl (C=O) groups is 1. The van der Waals surface area contributed by atoms with Crippen molar-refractivity contribution in [2.24, 2.45) is 11.3 Å². The number of aromatic hydroxyl groups is 2. The highest BCUT2D eigenvalue weighted by Crippen LogP contribution is 2.33. The molecule has 0 aliphatic carbocycles. The van der Waals surface area contributed by atoms with Crippen LogP contribution in [0.2, 0.25) is 0 Å². The summed E-state index contributed by atoms with van der Waals surface area (Å²) >= 11 is 0. The molecule has 0 saturated carbocycles. The Morgan fingerprint density at radius 2 is 2.05 bits per heavy atom. The molecule has 1 atom stereocenters. The van der Waals surface area contributed by atoms with E-state index in [1.165, 1.54) is 18.2 Å². The van der Waals surface area contributed by atoms with Crippen molar-refractivity contribution in [2.75, 3.05) is 19.6 Å². The fraction of sp³-hybridized carbons (Fsp3) is 0.562. The maximum absolute atomic E-state index is 12.2. The van der Waals surface area contributed by atoms with Crippen LogP contribution in [0, 0.1) is 11.3 Å². The normalized spacial score (nSPS) is 20.2. The summed E-state index contributed by atoms with van der Waals surface area (Å²) < 4.78 is 0. The van der Waals surface area contributed by atoms with E-state index in [0.29, 0.717) is 12.5 Å². The summed E-state index contributed by atoms with van der Waals surface area (Å²) in [6.07, 6.45) is 1.11. The van der Waals surface area contributed by atoms with Gasteiger partial charge in [0.2, 0.25) is 0 Å². The molecule has 0 spiro atoms. The second kappa shape index (κ2) is 5.44. The third-order valence-corrected chi connectivity index (χ3v) is 4.15. The molecule has 1 unspecified atom stereocenters. The average molecular weight is 277 g/mol. The molecule has 4 heteroatoms. The smallest absolute Gasteiger partial charge is 0.180 e. The van der Waals surface area contributed by atoms with E-state index in [-0.39, 0.29) is 28.3 Å². The zero-order chi connectivity index (χ0) is 14.9. The molecule has 0 amide bonds. The number of rotatable bonds is 3. The predicted octanol–water partition coefficient (Wildman–Crippen LogP) is 2.65. The summed E-state index contributed by atoms with van der Waals surface area (Å²) in [5.74, 6) is 0.315. The van der Waals surface area contributed by atoms with E-state index in [9.17, 15) is 15.0 Å². The summed E-state index contributed by atoms with van der Waals surface area (Å²) in [6, 6.07) is 4.11. The van der Waals surface area contributed by atoms with Crippen molar-refractivity contribution in [2.45, 2.75) is 27.2 Å². The Morgan fingerprint density at radius 1 is 1.35 bits per heavy atom. The van der Waals surface area contributed by atoms with Gasteiger partial charge in [-0.05, 0) is 36.4 Å². The van der Waals surface area contributed by atoms with E-state index < -0.39 is 0 Å². The van der Waals surface area contributed by atoms with E-state index in [0.717, 1.165) is 19.5 Å². The van der Waals surface area contributed by atoms with Gasteiger partial charge in [-0.15, -0.1) is 0 Å². The average Bonchev–Trinajstić information content (AvgIpc) is 2.76. The number of nitrogens with zero attached hydrogens (tertiary/aromatic N) is 1. The standard InChI is InChI=1S/C16H23NO3/c1-16(2,3)11-6-7-17(9-11)10-15(20)13-5-4-12(18)8-14(13)19/h4-5,8,11,18-19H,6-7,9-10H2,1-3H3. The highest BCUT2D eigenvalue weighted by Gasteiger charge is 2.32. The van der Waals surface area contributed by atoms with Crippen LogP contribution in [-0.4, -0.2) is 40.5 Å². The SMILES string of the molecule is CC(C)(C)C1CCN(CC(=O)c2ccc(O)cc2O)C1. The fourth-order valence-corrected chi connectivity index (χ4v) is 2.73. The van der Waals surface area contributed by atoms with E-state index in [1.807, 2.05) is 0 Å². The Hall–Kier alpha value is -1.55. The highest BCUT2D eigenvalue weighted by molar-refractivity contribution is 6.00. The van der Waals surface area contributed by atoms with Gasteiger partial charge in [-0.1, -0.05) is 20.8 Å². The van der Waals surface area contributed by atoms with E-state index >= 15 is 0 Å². The van der Waals surface area contributed by atoms with Gasteiger partial charge in [-0.3, -0.25) is 9.69 Å². The van der Waals surface area contributed by atoms with E-state index in [2.05, 4.69) is 25.7 Å². The van der Waals surface area contributed by atoms with Crippen molar-refractivity contribution in [1.29, 1.82) is 0 Å². The molecule has 20 heavy (non-hydrogen) atoms. The number of carbonyl (C=O) groups excluding carboxylic acids is 1. The van der Waals surface area contributed by atoms with Gasteiger partial charge in [0.05, 0.1) is 12.1 Å². The topological polar surface area (TPSA) is 60.8 Å². The van der Waals surface area contributed by atoms with Crippen LogP contribution >= 0.6 is 0 Å². The lowest BCUT2D eigenvalue weighted by Crippen LogP contribution is -2.30. The highest BCUT2D eigenvalue weighted by atomic mass is 16.3. The molecule has 1 saturated heterocycles. The van der Waals surface area contributed by atoms with Gasteiger partial charge in [0, 0.05) is 12.6 Å². The molecule has 1 aromatic rings. The van der Waals surface area contributed by atoms with Gasteiger partial charge in [0.1, 0.15) is 11.5 Å². The number of hydrogen-bond acceptors (Lipinski definition) is 4. The number of benzene rings is 1. The Labute approximate surface area is 120 Å². The molecule has 1 aromatic carbocycles. The molecule has 2 rings (SSSR count). The quantitative estimate of drug-likeness (QED) is 0.834. The Balaban J connectivity index is 1.99. The lowest BCUT2D eigenvalue weighted by Gasteiger charge is -2.27. The zero-order valence-corrected chi connectivity index (χ0v) is 12.4. The molecule has 0 bridgehead atoms. The van der Waals surface area contributed by atoms with Crippen LogP contribution in [-0.2, 0) is 0 Å². The first-order valence-electron chi connectivity index (χ1n) is 7.05. The Kier molecular flexibility index (Phi) is 4.04. The van der Waals surface area contributed by atoms with Gasteiger partial charge >= 0.3 is 0 Å². The molecule has 2 N–H and O–H groups in total. The van der Waals surface area contributed by atoms with Gasteiger partial charge < -0.3 is 10.2 Å². The van der Waals surface area contributed by atoms with Crippen LogP contribution < -0.4 is 0 Å². The van der Waals surface area contributed by atoms with Crippen LogP contribution in [0.4, 0.5) is 0 Å². The van der Waals surface area contributed by atoms with Gasteiger partial charge in [-0.2, -0.15) is 0 Å². The molecule has 0 radical (unpaired) electrons. The molecule has 1 heterocycles. The fourth-order valence-electron chi connectivity index (χ4n) is 2.73. The van der Waals surface area contributed by atoms with Crippen LogP contribution in [0.5, 0.6) is 11.5 Å². The minimum atomic E-state index is -0.151. The molecular formula is C16H23NO3. The largest absolute Gasteiger partial charge is 0.508 e. The first-order valence-corrected chi connectivity index (χ1v) is 7.05. The molecular weight excluding hydrogens is 254 g/mol. The predicted molar refractivity (Wildman–Crippen MR) is 78.1 cm³/mol. The first-order chi connectivity index (χ1) is 9.27. The minimum Gasteiger partial charge on any atom is -0.508 e. The number of phenolic OH excluding ortho intramolecular Hbond substituents is 2. The van der Waals surface area contributed by atoms with Crippen molar-refractivity contribution in [3.8, 4) is 11.5 Å². The lowest BCUT2D eigenvalue weighted by atomic mass is 9.80. The van der Waals surface area contributed by atoms with Gasteiger partial charge in [0.15, 0.2) is 5.78 Å². The minimum absolute atomic E-state index is 0.0342. The number of likely N-dealkylation sites (tertiary alicyclic amines) is 1.